The highest BCUT2D eigenvalue weighted by Gasteiger charge is 2.28. The number of halogens is 1. The van der Waals surface area contributed by atoms with Crippen LogP contribution in [0.15, 0.2) is 29.3 Å². The maximum absolute atomic E-state index is 15.3. The zero-order valence-electron chi connectivity index (χ0n) is 15.7. The predicted octanol–water partition coefficient (Wildman–Crippen LogP) is 3.24. The van der Waals surface area contributed by atoms with Crippen molar-refractivity contribution in [1.29, 1.82) is 5.26 Å². The van der Waals surface area contributed by atoms with E-state index in [-0.39, 0.29) is 33.9 Å². The van der Waals surface area contributed by atoms with Gasteiger partial charge in [-0.05, 0) is 31.9 Å². The lowest BCUT2D eigenvalue weighted by Crippen LogP contribution is -2.17. The van der Waals surface area contributed by atoms with E-state index in [1.165, 1.54) is 12.3 Å². The molecule has 1 saturated carbocycles. The van der Waals surface area contributed by atoms with Crippen molar-refractivity contribution in [3.63, 3.8) is 0 Å². The van der Waals surface area contributed by atoms with E-state index in [9.17, 15) is 14.9 Å². The molecule has 8 heteroatoms. The summed E-state index contributed by atoms with van der Waals surface area (Å²) in [5.74, 6) is -0.584. The molecule has 1 aromatic carbocycles. The molecule has 3 N–H and O–H groups in total. The third kappa shape index (κ3) is 3.01. The highest BCUT2D eigenvalue weighted by atomic mass is 19.1. The highest BCUT2D eigenvalue weighted by Crippen LogP contribution is 2.42. The highest BCUT2D eigenvalue weighted by molar-refractivity contribution is 6.01. The van der Waals surface area contributed by atoms with Gasteiger partial charge in [-0.3, -0.25) is 9.59 Å². The van der Waals surface area contributed by atoms with Crippen LogP contribution in [0.4, 0.5) is 15.9 Å². The number of nitrogens with zero attached hydrogens (tertiary/aromatic N) is 3. The Balaban J connectivity index is 2.14. The summed E-state index contributed by atoms with van der Waals surface area (Å²) in [6, 6.07) is 4.73. The van der Waals surface area contributed by atoms with Crippen molar-refractivity contribution in [1.82, 2.24) is 9.55 Å². The van der Waals surface area contributed by atoms with E-state index in [4.69, 9.17) is 5.73 Å². The van der Waals surface area contributed by atoms with E-state index in [0.717, 1.165) is 18.9 Å². The summed E-state index contributed by atoms with van der Waals surface area (Å²) in [6.07, 6.45) is 5.27. The Morgan fingerprint density at radius 2 is 2.21 bits per heavy atom. The van der Waals surface area contributed by atoms with Crippen molar-refractivity contribution >= 4 is 28.7 Å². The Bertz CT molecular complexity index is 1250. The summed E-state index contributed by atoms with van der Waals surface area (Å²) in [6.45, 7) is 2.34. The van der Waals surface area contributed by atoms with Gasteiger partial charge in [0.25, 0.3) is 0 Å². The standard InChI is InChI=1S/C21H18FN5O2/c1-2-25-18-17(12-5-11(7-23)21(24)26-8-12)16(22)6-15-19(18)27(14-3-4-14)9-13(10-28)20(15)29/h5-6,8-10,14,25H,2-4H2,1H3,(H2,24,26). The van der Waals surface area contributed by atoms with Crippen molar-refractivity contribution in [3.8, 4) is 17.2 Å². The van der Waals surface area contributed by atoms with E-state index in [1.54, 1.807) is 6.20 Å². The van der Waals surface area contributed by atoms with E-state index in [2.05, 4.69) is 10.3 Å². The van der Waals surface area contributed by atoms with Gasteiger partial charge in [-0.25, -0.2) is 9.37 Å². The Hall–Kier alpha value is -3.73. The van der Waals surface area contributed by atoms with Crippen molar-refractivity contribution in [3.05, 3.63) is 51.7 Å². The van der Waals surface area contributed by atoms with Gasteiger partial charge in [-0.1, -0.05) is 0 Å². The fraction of sp³-hybridized carbons (Fsp3) is 0.238. The third-order valence-electron chi connectivity index (χ3n) is 5.04. The number of anilines is 2. The van der Waals surface area contributed by atoms with Gasteiger partial charge in [0.2, 0.25) is 0 Å². The minimum atomic E-state index is -0.647. The van der Waals surface area contributed by atoms with Crippen LogP contribution in [0.25, 0.3) is 22.0 Å². The topological polar surface area (TPSA) is 114 Å². The summed E-state index contributed by atoms with van der Waals surface area (Å²) in [5, 5.41) is 12.6. The first kappa shape index (κ1) is 18.6. The minimum Gasteiger partial charge on any atom is -0.383 e. The van der Waals surface area contributed by atoms with E-state index < -0.39 is 11.2 Å². The summed E-state index contributed by atoms with van der Waals surface area (Å²) in [5.41, 5.74) is 6.88. The van der Waals surface area contributed by atoms with Crippen molar-refractivity contribution < 1.29 is 9.18 Å². The number of hydrogen-bond acceptors (Lipinski definition) is 6. The van der Waals surface area contributed by atoms with E-state index >= 15 is 4.39 Å². The first-order valence-corrected chi connectivity index (χ1v) is 9.26. The molecule has 0 bridgehead atoms. The van der Waals surface area contributed by atoms with Gasteiger partial charge in [-0.15, -0.1) is 0 Å². The van der Waals surface area contributed by atoms with Crippen molar-refractivity contribution in [2.45, 2.75) is 25.8 Å². The summed E-state index contributed by atoms with van der Waals surface area (Å²) in [7, 11) is 0. The van der Waals surface area contributed by atoms with Gasteiger partial charge in [0, 0.05) is 36.1 Å². The lowest BCUT2D eigenvalue weighted by Gasteiger charge is -2.20. The first-order chi connectivity index (χ1) is 14.0. The largest absolute Gasteiger partial charge is 0.383 e. The maximum Gasteiger partial charge on any atom is 0.200 e. The fourth-order valence-electron chi connectivity index (χ4n) is 3.57. The second-order valence-electron chi connectivity index (χ2n) is 6.97. The number of pyridine rings is 2. The molecule has 1 aliphatic rings. The lowest BCUT2D eigenvalue weighted by atomic mass is 9.98. The number of nitrogen functional groups attached to an aromatic ring is 1. The number of nitriles is 1. The van der Waals surface area contributed by atoms with Crippen LogP contribution in [-0.4, -0.2) is 22.4 Å². The number of carbonyl (C=O) groups excluding carboxylic acids is 1. The predicted molar refractivity (Wildman–Crippen MR) is 108 cm³/mol. The number of benzene rings is 1. The number of nitrogens with one attached hydrogen (secondary N) is 1. The lowest BCUT2D eigenvalue weighted by molar-refractivity contribution is 0.112. The molecule has 0 radical (unpaired) electrons. The Morgan fingerprint density at radius 3 is 2.83 bits per heavy atom. The minimum absolute atomic E-state index is 0.0000773. The average Bonchev–Trinajstić information content (AvgIpc) is 3.55. The summed E-state index contributed by atoms with van der Waals surface area (Å²) in [4.78, 5) is 28.1. The zero-order valence-corrected chi connectivity index (χ0v) is 15.7. The van der Waals surface area contributed by atoms with Gasteiger partial charge in [0.15, 0.2) is 11.7 Å². The number of aldehydes is 1. The smallest absolute Gasteiger partial charge is 0.200 e. The van der Waals surface area contributed by atoms with Crippen LogP contribution >= 0.6 is 0 Å². The average molecular weight is 391 g/mol. The molecule has 2 aromatic heterocycles. The molecule has 0 saturated heterocycles. The molecule has 0 aliphatic heterocycles. The molecule has 1 fully saturated rings. The molecule has 0 unspecified atom stereocenters. The third-order valence-corrected chi connectivity index (χ3v) is 5.04. The van der Waals surface area contributed by atoms with Crippen LogP contribution in [0.1, 0.15) is 41.7 Å². The molecule has 3 aromatic rings. The number of fused-ring (bicyclic) bond motifs is 1. The quantitative estimate of drug-likeness (QED) is 0.646. The number of nitrogens with two attached hydrogens (primary N) is 1. The van der Waals surface area contributed by atoms with Crippen molar-refractivity contribution in [2.75, 3.05) is 17.6 Å². The molecular weight excluding hydrogens is 373 g/mol. The Morgan fingerprint density at radius 1 is 1.45 bits per heavy atom. The van der Waals surface area contributed by atoms with Gasteiger partial charge in [-0.2, -0.15) is 5.26 Å². The van der Waals surface area contributed by atoms with Crippen LogP contribution in [0.2, 0.25) is 0 Å². The molecule has 2 heterocycles. The van der Waals surface area contributed by atoms with Crippen LogP contribution in [0.5, 0.6) is 0 Å². The van der Waals surface area contributed by atoms with Gasteiger partial charge in [0.1, 0.15) is 17.7 Å². The molecular formula is C21H18FN5O2. The maximum atomic E-state index is 15.3. The Kier molecular flexibility index (Phi) is 4.51. The van der Waals surface area contributed by atoms with E-state index in [1.807, 2.05) is 17.6 Å². The van der Waals surface area contributed by atoms with Crippen LogP contribution in [0.3, 0.4) is 0 Å². The molecule has 0 atom stereocenters. The van der Waals surface area contributed by atoms with Crippen LogP contribution in [0, 0.1) is 17.1 Å². The SMILES string of the molecule is CCNc1c(-c2cnc(N)c(C#N)c2)c(F)cc2c(=O)c(C=O)cn(C3CC3)c12. The van der Waals surface area contributed by atoms with Crippen LogP contribution in [-0.2, 0) is 0 Å². The van der Waals surface area contributed by atoms with E-state index in [0.29, 0.717) is 29.6 Å². The number of aromatic nitrogens is 2. The van der Waals surface area contributed by atoms with Gasteiger partial charge < -0.3 is 15.6 Å². The first-order valence-electron chi connectivity index (χ1n) is 9.26. The summed E-state index contributed by atoms with van der Waals surface area (Å²) >= 11 is 0. The molecule has 146 valence electrons. The zero-order chi connectivity index (χ0) is 20.7. The number of carbonyl (C=O) groups is 1. The molecule has 4 rings (SSSR count). The van der Waals surface area contributed by atoms with Crippen LogP contribution < -0.4 is 16.5 Å². The molecule has 29 heavy (non-hydrogen) atoms. The molecule has 0 spiro atoms. The normalized spacial score (nSPS) is 13.3. The molecule has 1 aliphatic carbocycles. The van der Waals surface area contributed by atoms with Gasteiger partial charge in [0.05, 0.1) is 27.7 Å². The monoisotopic (exact) mass is 391 g/mol. The number of rotatable bonds is 5. The molecule has 7 nitrogen and oxygen atoms in total. The van der Waals surface area contributed by atoms with Gasteiger partial charge >= 0.3 is 0 Å². The summed E-state index contributed by atoms with van der Waals surface area (Å²) < 4.78 is 17.1. The second-order valence-corrected chi connectivity index (χ2v) is 6.97. The second kappa shape index (κ2) is 7.02. The fourth-order valence-corrected chi connectivity index (χ4v) is 3.57. The molecule has 0 amide bonds. The van der Waals surface area contributed by atoms with Crippen molar-refractivity contribution in [2.24, 2.45) is 0 Å². The number of hydrogen-bond donors (Lipinski definition) is 2. The Labute approximate surface area is 165 Å².